The molecule has 2 aromatic rings. The Kier molecular flexibility index (Phi) is 5.59. The quantitative estimate of drug-likeness (QED) is 0.611. The Morgan fingerprint density at radius 2 is 1.89 bits per heavy atom. The molecule has 0 radical (unpaired) electrons. The number of anilines is 3. The molecule has 12 heteroatoms. The maximum Gasteiger partial charge on any atom is 0.416 e. The van der Waals surface area contributed by atoms with Crippen molar-refractivity contribution in [1.29, 1.82) is 0 Å². The lowest BCUT2D eigenvalue weighted by Gasteiger charge is -2.22. The molecule has 2 saturated heterocycles. The van der Waals surface area contributed by atoms with Gasteiger partial charge in [-0.05, 0) is 31.4 Å². The van der Waals surface area contributed by atoms with E-state index in [1.54, 1.807) is 6.07 Å². The summed E-state index contributed by atoms with van der Waals surface area (Å²) in [5.41, 5.74) is -0.618. The van der Waals surface area contributed by atoms with Crippen molar-refractivity contribution in [2.45, 2.75) is 50.6 Å². The molecule has 188 valence electrons. The highest BCUT2D eigenvalue weighted by atomic mass is 19.4. The molecule has 0 bridgehead atoms. The zero-order chi connectivity index (χ0) is 25.0. The molecule has 5 rings (SSSR count). The first-order chi connectivity index (χ1) is 16.4. The van der Waals surface area contributed by atoms with Crippen LogP contribution < -0.4 is 10.2 Å². The Bertz CT molecular complexity index is 1140. The number of alkyl halides is 5. The number of pyridine rings is 1. The van der Waals surface area contributed by atoms with Crippen LogP contribution in [0.5, 0.6) is 0 Å². The van der Waals surface area contributed by atoms with Gasteiger partial charge in [0.1, 0.15) is 11.6 Å². The lowest BCUT2D eigenvalue weighted by molar-refractivity contribution is -0.137. The Balaban J connectivity index is 1.43. The van der Waals surface area contributed by atoms with Crippen LogP contribution in [0.1, 0.15) is 49.8 Å². The van der Waals surface area contributed by atoms with E-state index >= 15 is 0 Å². The number of nitrogens with zero attached hydrogens (tertiary/aromatic N) is 5. The summed E-state index contributed by atoms with van der Waals surface area (Å²) in [7, 11) is 0. The highest BCUT2D eigenvalue weighted by Gasteiger charge is 2.48. The van der Waals surface area contributed by atoms with E-state index < -0.39 is 24.2 Å². The molecule has 1 N–H and O–H groups in total. The van der Waals surface area contributed by atoms with Crippen molar-refractivity contribution >= 4 is 23.5 Å². The van der Waals surface area contributed by atoms with E-state index in [1.807, 2.05) is 11.8 Å². The number of halogens is 5. The van der Waals surface area contributed by atoms with Gasteiger partial charge in [0.2, 0.25) is 11.9 Å². The highest BCUT2D eigenvalue weighted by molar-refractivity contribution is 5.85. The molecule has 1 unspecified atom stereocenters. The van der Waals surface area contributed by atoms with Crippen molar-refractivity contribution in [2.24, 2.45) is 5.41 Å². The molecule has 0 aromatic carbocycles. The van der Waals surface area contributed by atoms with Crippen LogP contribution in [0.25, 0.3) is 0 Å². The maximum absolute atomic E-state index is 13.9. The zero-order valence-electron chi connectivity index (χ0n) is 19.1. The van der Waals surface area contributed by atoms with E-state index in [0.717, 1.165) is 31.2 Å². The second-order valence-electron chi connectivity index (χ2n) is 9.86. The predicted molar refractivity (Wildman–Crippen MR) is 118 cm³/mol. The third kappa shape index (κ3) is 5.01. The number of carbonyl (C=O) groups excluding carboxylic acids is 1. The van der Waals surface area contributed by atoms with Crippen LogP contribution in [0.4, 0.5) is 39.5 Å². The second-order valence-corrected chi connectivity index (χ2v) is 9.86. The van der Waals surface area contributed by atoms with Gasteiger partial charge in [-0.1, -0.05) is 6.92 Å². The van der Waals surface area contributed by atoms with Gasteiger partial charge in [0, 0.05) is 49.7 Å². The summed E-state index contributed by atoms with van der Waals surface area (Å²) in [6.07, 6.45) is -1.45. The van der Waals surface area contributed by atoms with E-state index in [9.17, 15) is 26.7 Å². The van der Waals surface area contributed by atoms with Gasteiger partial charge in [0.25, 0.3) is 5.92 Å². The van der Waals surface area contributed by atoms with Gasteiger partial charge in [-0.2, -0.15) is 18.2 Å². The number of rotatable bonds is 5. The first kappa shape index (κ1) is 23.7. The van der Waals surface area contributed by atoms with Gasteiger partial charge >= 0.3 is 6.18 Å². The number of nitrogens with one attached hydrogen (secondary N) is 1. The third-order valence-electron chi connectivity index (χ3n) is 6.94. The molecule has 0 spiro atoms. The summed E-state index contributed by atoms with van der Waals surface area (Å²) in [6.45, 7) is 2.49. The van der Waals surface area contributed by atoms with Crippen molar-refractivity contribution in [2.75, 3.05) is 36.4 Å². The van der Waals surface area contributed by atoms with Gasteiger partial charge in [0.05, 0.1) is 17.8 Å². The molecule has 1 atom stereocenters. The average molecular weight is 496 g/mol. The number of carbonyl (C=O) groups is 1. The average Bonchev–Trinajstić information content (AvgIpc) is 3.19. The van der Waals surface area contributed by atoms with Crippen molar-refractivity contribution < 1.29 is 26.7 Å². The predicted octanol–water partition coefficient (Wildman–Crippen LogP) is 4.60. The molecule has 1 amide bonds. The molecule has 2 aliphatic heterocycles. The Hall–Kier alpha value is -3.05. The van der Waals surface area contributed by atoms with Crippen molar-refractivity contribution in [3.63, 3.8) is 0 Å². The van der Waals surface area contributed by atoms with Gasteiger partial charge < -0.3 is 15.1 Å². The fourth-order valence-corrected chi connectivity index (χ4v) is 4.55. The van der Waals surface area contributed by atoms with Gasteiger partial charge in [0.15, 0.2) is 0 Å². The number of hydrogen-bond donors (Lipinski definition) is 1. The summed E-state index contributed by atoms with van der Waals surface area (Å²) >= 11 is 0. The molecule has 7 nitrogen and oxygen atoms in total. The van der Waals surface area contributed by atoms with E-state index in [0.29, 0.717) is 25.2 Å². The number of hydrogen-bond acceptors (Lipinski definition) is 6. The molecule has 1 aliphatic carbocycles. The van der Waals surface area contributed by atoms with Crippen molar-refractivity contribution in [3.05, 3.63) is 35.7 Å². The summed E-state index contributed by atoms with van der Waals surface area (Å²) in [5, 5.41) is 2.78. The van der Waals surface area contributed by atoms with E-state index in [4.69, 9.17) is 0 Å². The smallest absolute Gasteiger partial charge is 0.342 e. The third-order valence-corrected chi connectivity index (χ3v) is 6.94. The van der Waals surface area contributed by atoms with E-state index in [-0.39, 0.29) is 47.8 Å². The first-order valence-corrected chi connectivity index (χ1v) is 11.5. The maximum atomic E-state index is 13.9. The van der Waals surface area contributed by atoms with Crippen LogP contribution in [0.3, 0.4) is 0 Å². The lowest BCUT2D eigenvalue weighted by atomic mass is 10.0. The number of amides is 1. The fraction of sp³-hybridized carbons (Fsp3) is 0.565. The SMILES string of the molecule is CC1(C(=O)N2CCC(c3cc(Nc4cc(C(F)(F)F)ccn4)nc(N4CCC(F)(F)C4)n3)C2)CC1. The number of aromatic nitrogens is 3. The highest BCUT2D eigenvalue weighted by Crippen LogP contribution is 2.47. The molecule has 2 aromatic heterocycles. The summed E-state index contributed by atoms with van der Waals surface area (Å²) in [5.74, 6) is -2.74. The fourth-order valence-electron chi connectivity index (χ4n) is 4.55. The Morgan fingerprint density at radius 1 is 1.11 bits per heavy atom. The van der Waals surface area contributed by atoms with Gasteiger partial charge in [-0.15, -0.1) is 0 Å². The standard InChI is InChI=1S/C23H25F5N6O/c1-21(4-5-21)19(35)33-8-3-14(12-33)16-11-18(31-17-10-15(2-7-29-17)23(26,27)28)32-20(30-16)34-9-6-22(24,25)13-34/h2,7,10-11,14H,3-6,8-9,12-13H2,1H3,(H,29,30,31,32). The van der Waals surface area contributed by atoms with Crippen molar-refractivity contribution in [3.8, 4) is 0 Å². The van der Waals surface area contributed by atoms with Crippen LogP contribution in [0, 0.1) is 5.41 Å². The first-order valence-electron chi connectivity index (χ1n) is 11.5. The Labute approximate surface area is 198 Å². The molecule has 3 aliphatic rings. The molecular formula is C23H25F5N6O. The van der Waals surface area contributed by atoms with Gasteiger partial charge in [-0.3, -0.25) is 4.79 Å². The van der Waals surface area contributed by atoms with Crippen molar-refractivity contribution in [1.82, 2.24) is 19.9 Å². The second kappa shape index (κ2) is 8.27. The topological polar surface area (TPSA) is 74.2 Å². The summed E-state index contributed by atoms with van der Waals surface area (Å²) < 4.78 is 67.1. The Morgan fingerprint density at radius 3 is 2.54 bits per heavy atom. The monoisotopic (exact) mass is 496 g/mol. The van der Waals surface area contributed by atoms with Crippen LogP contribution in [0.2, 0.25) is 0 Å². The van der Waals surface area contributed by atoms with Crippen LogP contribution in [-0.4, -0.2) is 57.9 Å². The normalized spacial score (nSPS) is 23.0. The lowest BCUT2D eigenvalue weighted by Crippen LogP contribution is -2.34. The van der Waals surface area contributed by atoms with Crippen LogP contribution >= 0.6 is 0 Å². The molecule has 35 heavy (non-hydrogen) atoms. The molecule has 3 fully saturated rings. The zero-order valence-corrected chi connectivity index (χ0v) is 19.1. The molecule has 4 heterocycles. The minimum absolute atomic E-state index is 0.0608. The van der Waals surface area contributed by atoms with Crippen LogP contribution in [-0.2, 0) is 11.0 Å². The number of likely N-dealkylation sites (tertiary alicyclic amines) is 1. The summed E-state index contributed by atoms with van der Waals surface area (Å²) in [6, 6.07) is 3.31. The minimum atomic E-state index is -4.54. The minimum Gasteiger partial charge on any atom is -0.342 e. The van der Waals surface area contributed by atoms with Gasteiger partial charge in [-0.25, -0.2) is 18.7 Å². The largest absolute Gasteiger partial charge is 0.416 e. The van der Waals surface area contributed by atoms with Crippen LogP contribution in [0.15, 0.2) is 24.4 Å². The van der Waals surface area contributed by atoms with E-state index in [2.05, 4.69) is 20.3 Å². The molecular weight excluding hydrogens is 471 g/mol. The summed E-state index contributed by atoms with van der Waals surface area (Å²) in [4.78, 5) is 28.7. The molecule has 1 saturated carbocycles. The van der Waals surface area contributed by atoms with E-state index in [1.165, 1.54) is 4.90 Å².